The number of hydrogen-bond acceptors (Lipinski definition) is 6. The Morgan fingerprint density at radius 3 is 2.67 bits per heavy atom. The first-order valence-corrected chi connectivity index (χ1v) is 10.8. The first-order valence-electron chi connectivity index (χ1n) is 10.0. The van der Waals surface area contributed by atoms with Crippen LogP contribution in [0.3, 0.4) is 0 Å². The zero-order chi connectivity index (χ0) is 22.6. The van der Waals surface area contributed by atoms with Gasteiger partial charge in [0.05, 0.1) is 16.2 Å². The summed E-state index contributed by atoms with van der Waals surface area (Å²) in [6, 6.07) is 0.961. The van der Waals surface area contributed by atoms with E-state index in [0.29, 0.717) is 29.7 Å². The summed E-state index contributed by atoms with van der Waals surface area (Å²) in [5.41, 5.74) is -1.70. The van der Waals surface area contributed by atoms with Gasteiger partial charge in [-0.15, -0.1) is 0 Å². The van der Waals surface area contributed by atoms with E-state index in [9.17, 15) is 24.8 Å². The zero-order valence-electron chi connectivity index (χ0n) is 17.7. The minimum Gasteiger partial charge on any atom is -0.373 e. The van der Waals surface area contributed by atoms with E-state index in [-0.39, 0.29) is 36.3 Å². The summed E-state index contributed by atoms with van der Waals surface area (Å²) in [6.07, 6.45) is 0.569. The lowest BCUT2D eigenvalue weighted by atomic mass is 9.85. The predicted octanol–water partition coefficient (Wildman–Crippen LogP) is 1.47. The van der Waals surface area contributed by atoms with Gasteiger partial charge in [0.15, 0.2) is 0 Å². The van der Waals surface area contributed by atoms with Gasteiger partial charge in [0, 0.05) is 19.0 Å². The number of halogens is 1. The fourth-order valence-corrected chi connectivity index (χ4v) is 4.12. The number of nitriles is 1. The number of carbonyl (C=O) groups is 3. The smallest absolute Gasteiger partial charge is 0.261 e. The van der Waals surface area contributed by atoms with Crippen molar-refractivity contribution in [3.8, 4) is 6.07 Å². The average Bonchev–Trinajstić information content (AvgIpc) is 3.22. The number of aromatic nitrogens is 2. The van der Waals surface area contributed by atoms with Gasteiger partial charge < -0.3 is 15.7 Å². The van der Waals surface area contributed by atoms with Gasteiger partial charge in [-0.25, -0.2) is 0 Å². The Kier molecular flexibility index (Phi) is 7.77. The molecule has 3 atom stereocenters. The molecule has 2 amide bonds. The zero-order valence-corrected chi connectivity index (χ0v) is 19.2. The molecule has 164 valence electrons. The minimum absolute atomic E-state index is 0.108. The van der Waals surface area contributed by atoms with Crippen molar-refractivity contribution in [3.63, 3.8) is 0 Å². The lowest BCUT2D eigenvalue weighted by Gasteiger charge is -2.29. The number of aliphatic hydroxyl groups is 1. The molecule has 0 bridgehead atoms. The Labute approximate surface area is 184 Å². The van der Waals surface area contributed by atoms with Crippen LogP contribution >= 0.6 is 15.9 Å². The van der Waals surface area contributed by atoms with E-state index in [1.165, 1.54) is 4.68 Å². The molecule has 1 aromatic heterocycles. The van der Waals surface area contributed by atoms with Gasteiger partial charge in [-0.1, -0.05) is 13.8 Å². The lowest BCUT2D eigenvalue weighted by Crippen LogP contribution is -2.56. The van der Waals surface area contributed by atoms with Gasteiger partial charge in [0.25, 0.3) is 5.91 Å². The van der Waals surface area contributed by atoms with Gasteiger partial charge >= 0.3 is 0 Å². The third kappa shape index (κ3) is 4.90. The Balaban J connectivity index is 2.32. The van der Waals surface area contributed by atoms with Gasteiger partial charge in [0.1, 0.15) is 11.7 Å². The topological polar surface area (TPSA) is 137 Å². The molecule has 0 aromatic carbocycles. The number of nitrogens with one attached hydrogen (secondary N) is 2. The van der Waals surface area contributed by atoms with Gasteiger partial charge in [-0.3, -0.25) is 19.1 Å². The number of hydrogen-bond donors (Lipinski definition) is 3. The third-order valence-corrected chi connectivity index (χ3v) is 6.12. The van der Waals surface area contributed by atoms with E-state index >= 15 is 0 Å². The molecule has 0 spiro atoms. The van der Waals surface area contributed by atoms with Crippen molar-refractivity contribution in [2.24, 2.45) is 11.8 Å². The van der Waals surface area contributed by atoms with Crippen LogP contribution in [-0.4, -0.2) is 50.7 Å². The molecule has 30 heavy (non-hydrogen) atoms. The maximum absolute atomic E-state index is 13.4. The molecular formula is C20H28BrN5O4. The molecule has 0 radical (unpaired) electrons. The van der Waals surface area contributed by atoms with E-state index in [1.807, 2.05) is 6.07 Å². The molecule has 2 rings (SSSR count). The van der Waals surface area contributed by atoms with Crippen molar-refractivity contribution in [2.45, 2.75) is 65.1 Å². The molecule has 1 aromatic rings. The highest BCUT2D eigenvalue weighted by atomic mass is 79.9. The summed E-state index contributed by atoms with van der Waals surface area (Å²) in [6.45, 7) is 7.99. The molecule has 3 N–H and O–H groups in total. The molecule has 1 fully saturated rings. The van der Waals surface area contributed by atoms with Crippen LogP contribution in [0, 0.1) is 30.1 Å². The fraction of sp³-hybridized carbons (Fsp3) is 0.650. The molecule has 0 unspecified atom stereocenters. The molecule has 10 heteroatoms. The van der Waals surface area contributed by atoms with Crippen LogP contribution in [0.4, 0.5) is 0 Å². The van der Waals surface area contributed by atoms with Gasteiger partial charge in [-0.2, -0.15) is 10.4 Å². The van der Waals surface area contributed by atoms with Crippen molar-refractivity contribution in [1.82, 2.24) is 20.4 Å². The van der Waals surface area contributed by atoms with Crippen molar-refractivity contribution in [1.29, 1.82) is 5.26 Å². The van der Waals surface area contributed by atoms with Crippen molar-refractivity contribution in [2.75, 3.05) is 6.54 Å². The van der Waals surface area contributed by atoms with E-state index < -0.39 is 23.3 Å². The second-order valence-corrected chi connectivity index (χ2v) is 8.81. The Hall–Kier alpha value is -2.25. The molecular weight excluding hydrogens is 454 g/mol. The van der Waals surface area contributed by atoms with E-state index in [0.717, 1.165) is 0 Å². The Morgan fingerprint density at radius 2 is 2.17 bits per heavy atom. The SMILES string of the molecule is CCn1nc(C)c(Br)c1C(=O)[C@](O)(CC(C)C)C(=O)N[C@H](C#N)C[C@@H]1CCNC1=O. The molecule has 0 saturated carbocycles. The van der Waals surface area contributed by atoms with Crippen LogP contribution in [0.5, 0.6) is 0 Å². The molecule has 0 aliphatic carbocycles. The highest BCUT2D eigenvalue weighted by Crippen LogP contribution is 2.29. The second-order valence-electron chi connectivity index (χ2n) is 8.02. The lowest BCUT2D eigenvalue weighted by molar-refractivity contribution is -0.137. The monoisotopic (exact) mass is 481 g/mol. The highest BCUT2D eigenvalue weighted by Gasteiger charge is 2.47. The van der Waals surface area contributed by atoms with Gasteiger partial charge in [0.2, 0.25) is 17.3 Å². The van der Waals surface area contributed by atoms with Crippen LogP contribution in [0.15, 0.2) is 4.47 Å². The summed E-state index contributed by atoms with van der Waals surface area (Å²) in [4.78, 5) is 38.3. The fourth-order valence-electron chi connectivity index (χ4n) is 3.66. The molecule has 9 nitrogen and oxygen atoms in total. The summed E-state index contributed by atoms with van der Waals surface area (Å²) in [5.74, 6) is -2.45. The maximum atomic E-state index is 13.4. The minimum atomic E-state index is -2.37. The molecule has 1 aliphatic rings. The number of ketones is 1. The summed E-state index contributed by atoms with van der Waals surface area (Å²) < 4.78 is 1.86. The van der Waals surface area contributed by atoms with Crippen molar-refractivity contribution in [3.05, 3.63) is 15.9 Å². The van der Waals surface area contributed by atoms with Crippen LogP contribution in [0.2, 0.25) is 0 Å². The molecule has 2 heterocycles. The normalized spacial score (nSPS) is 19.1. The first kappa shape index (κ1) is 24.0. The van der Waals surface area contributed by atoms with E-state index in [2.05, 4.69) is 31.7 Å². The number of rotatable bonds is 9. The number of carbonyl (C=O) groups excluding carboxylic acids is 3. The first-order chi connectivity index (χ1) is 14.0. The standard InChI is InChI=1S/C20H28BrN5O4/c1-5-26-16(15(21)12(4)25-26)17(27)20(30,9-11(2)3)19(29)24-14(10-22)8-13-6-7-23-18(13)28/h11,13-14,30H,5-9H2,1-4H3,(H,23,28)(H,24,29)/t13-,14-,20+/m0/s1. The molecule has 1 saturated heterocycles. The van der Waals surface area contributed by atoms with Gasteiger partial charge in [-0.05, 0) is 55.0 Å². The van der Waals surface area contributed by atoms with Crippen LogP contribution < -0.4 is 10.6 Å². The summed E-state index contributed by atoms with van der Waals surface area (Å²) in [5, 5.41) is 30.2. The summed E-state index contributed by atoms with van der Waals surface area (Å²) in [7, 11) is 0. The van der Waals surface area contributed by atoms with Crippen molar-refractivity contribution >= 4 is 33.5 Å². The maximum Gasteiger partial charge on any atom is 0.261 e. The average molecular weight is 482 g/mol. The van der Waals surface area contributed by atoms with E-state index in [1.54, 1.807) is 27.7 Å². The highest BCUT2D eigenvalue weighted by molar-refractivity contribution is 9.10. The number of amides is 2. The predicted molar refractivity (Wildman–Crippen MR) is 112 cm³/mol. The van der Waals surface area contributed by atoms with Crippen LogP contribution in [-0.2, 0) is 16.1 Å². The van der Waals surface area contributed by atoms with Crippen molar-refractivity contribution < 1.29 is 19.5 Å². The van der Waals surface area contributed by atoms with E-state index in [4.69, 9.17) is 0 Å². The number of aryl methyl sites for hydroxylation is 2. The Bertz CT molecular complexity index is 875. The summed E-state index contributed by atoms with van der Waals surface area (Å²) >= 11 is 3.34. The quantitative estimate of drug-likeness (QED) is 0.360. The number of Topliss-reactive ketones (excluding diaryl/α,β-unsaturated/α-hetero) is 1. The molecule has 1 aliphatic heterocycles. The second kappa shape index (κ2) is 9.71. The van der Waals surface area contributed by atoms with Crippen LogP contribution in [0.1, 0.15) is 56.2 Å². The largest absolute Gasteiger partial charge is 0.373 e. The Morgan fingerprint density at radius 1 is 1.50 bits per heavy atom. The number of nitrogens with zero attached hydrogens (tertiary/aromatic N) is 3. The third-order valence-electron chi connectivity index (χ3n) is 5.17. The van der Waals surface area contributed by atoms with Crippen LogP contribution in [0.25, 0.3) is 0 Å².